The van der Waals surface area contributed by atoms with Gasteiger partial charge in [-0.05, 0) is 36.9 Å². The predicted octanol–water partition coefficient (Wildman–Crippen LogP) is 4.83. The lowest BCUT2D eigenvalue weighted by Gasteiger charge is -2.18. The number of hydrogen-bond donors (Lipinski definition) is 0. The Bertz CT molecular complexity index is 698. The molecule has 3 nitrogen and oxygen atoms in total. The maximum absolute atomic E-state index is 13.9. The van der Waals surface area contributed by atoms with E-state index in [0.29, 0.717) is 23.1 Å². The Morgan fingerprint density at radius 2 is 1.83 bits per heavy atom. The van der Waals surface area contributed by atoms with Gasteiger partial charge in [0.25, 0.3) is 0 Å². The summed E-state index contributed by atoms with van der Waals surface area (Å²) in [6.07, 6.45) is 0. The van der Waals surface area contributed by atoms with E-state index in [0.717, 1.165) is 5.56 Å². The number of methoxy groups -OCH3 is 1. The zero-order valence-electron chi connectivity index (χ0n) is 13.2. The summed E-state index contributed by atoms with van der Waals surface area (Å²) in [5.41, 5.74) is 1.42. The molecule has 0 aliphatic heterocycles. The topological polar surface area (TPSA) is 21.7 Å². The van der Waals surface area contributed by atoms with Gasteiger partial charge in [0.05, 0.1) is 7.11 Å². The molecule has 7 heteroatoms. The summed E-state index contributed by atoms with van der Waals surface area (Å²) < 4.78 is 48.7. The molecule has 2 aromatic rings. The largest absolute Gasteiger partial charge is 0.493 e. The highest BCUT2D eigenvalue weighted by Gasteiger charge is 2.12. The van der Waals surface area contributed by atoms with Crippen molar-refractivity contribution in [3.8, 4) is 11.5 Å². The van der Waals surface area contributed by atoms with E-state index in [1.807, 2.05) is 11.9 Å². The average molecular weight is 404 g/mol. The van der Waals surface area contributed by atoms with Crippen molar-refractivity contribution < 1.29 is 22.6 Å². The predicted molar refractivity (Wildman–Crippen MR) is 88.9 cm³/mol. The van der Waals surface area contributed by atoms with Crippen molar-refractivity contribution >= 4 is 15.9 Å². The first-order valence-corrected chi connectivity index (χ1v) is 7.92. The van der Waals surface area contributed by atoms with Crippen LogP contribution in [0.4, 0.5) is 13.2 Å². The summed E-state index contributed by atoms with van der Waals surface area (Å²) >= 11 is 3.22. The van der Waals surface area contributed by atoms with Crippen molar-refractivity contribution in [1.82, 2.24) is 4.90 Å². The number of hydrogen-bond acceptors (Lipinski definition) is 3. The monoisotopic (exact) mass is 403 g/mol. The van der Waals surface area contributed by atoms with Crippen LogP contribution in [0.25, 0.3) is 0 Å². The van der Waals surface area contributed by atoms with Crippen molar-refractivity contribution in [3.63, 3.8) is 0 Å². The van der Waals surface area contributed by atoms with Gasteiger partial charge in [-0.1, -0.05) is 28.1 Å². The number of rotatable bonds is 7. The van der Waals surface area contributed by atoms with Crippen LogP contribution in [0.5, 0.6) is 11.5 Å². The third-order valence-corrected chi connectivity index (χ3v) is 3.85. The zero-order chi connectivity index (χ0) is 17.7. The number of alkyl halides is 2. The van der Waals surface area contributed by atoms with Gasteiger partial charge < -0.3 is 9.47 Å². The number of ether oxygens (including phenoxy) is 2. The third-order valence-electron chi connectivity index (χ3n) is 3.35. The Labute approximate surface area is 147 Å². The zero-order valence-corrected chi connectivity index (χ0v) is 14.8. The van der Waals surface area contributed by atoms with E-state index in [2.05, 4.69) is 20.7 Å². The van der Waals surface area contributed by atoms with Gasteiger partial charge in [0.15, 0.2) is 11.5 Å². The van der Waals surface area contributed by atoms with Crippen LogP contribution in [0.1, 0.15) is 11.1 Å². The summed E-state index contributed by atoms with van der Waals surface area (Å²) in [7, 11) is 3.23. The number of nitrogens with zero attached hydrogens (tertiary/aromatic N) is 1. The molecular formula is C17H17BrF3NO2. The maximum Gasteiger partial charge on any atom is 0.387 e. The molecule has 0 heterocycles. The highest BCUT2D eigenvalue weighted by atomic mass is 79.9. The lowest BCUT2D eigenvalue weighted by molar-refractivity contribution is -0.0512. The second-order valence-corrected chi connectivity index (χ2v) is 6.19. The Kier molecular flexibility index (Phi) is 6.51. The Morgan fingerprint density at radius 3 is 2.46 bits per heavy atom. The Hall–Kier alpha value is -1.73. The van der Waals surface area contributed by atoms with Gasteiger partial charge in [-0.15, -0.1) is 0 Å². The quantitative estimate of drug-likeness (QED) is 0.660. The van der Waals surface area contributed by atoms with Crippen molar-refractivity contribution in [1.29, 1.82) is 0 Å². The minimum Gasteiger partial charge on any atom is -0.493 e. The van der Waals surface area contributed by atoms with E-state index in [1.54, 1.807) is 24.3 Å². The molecule has 0 aliphatic rings. The molecule has 0 saturated carbocycles. The van der Waals surface area contributed by atoms with Crippen LogP contribution in [0.15, 0.2) is 40.9 Å². The van der Waals surface area contributed by atoms with Gasteiger partial charge in [0, 0.05) is 23.1 Å². The first kappa shape index (κ1) is 18.6. The Balaban J connectivity index is 2.06. The molecule has 2 rings (SSSR count). The van der Waals surface area contributed by atoms with Crippen LogP contribution < -0.4 is 9.47 Å². The normalized spacial score (nSPS) is 11.2. The Morgan fingerprint density at radius 1 is 1.08 bits per heavy atom. The van der Waals surface area contributed by atoms with Crippen LogP contribution in [0.3, 0.4) is 0 Å². The summed E-state index contributed by atoms with van der Waals surface area (Å²) in [5, 5.41) is 0. The van der Waals surface area contributed by atoms with Crippen molar-refractivity contribution in [2.45, 2.75) is 19.7 Å². The fraction of sp³-hybridized carbons (Fsp3) is 0.294. The fourth-order valence-corrected chi connectivity index (χ4v) is 2.65. The first-order chi connectivity index (χ1) is 11.4. The molecule has 24 heavy (non-hydrogen) atoms. The molecule has 0 aliphatic carbocycles. The van der Waals surface area contributed by atoms with Crippen LogP contribution in [-0.4, -0.2) is 25.7 Å². The molecule has 0 bridgehead atoms. The first-order valence-electron chi connectivity index (χ1n) is 7.13. The van der Waals surface area contributed by atoms with Crippen LogP contribution in [-0.2, 0) is 13.1 Å². The minimum absolute atomic E-state index is 0.0159. The third kappa shape index (κ3) is 5.14. The van der Waals surface area contributed by atoms with Crippen LogP contribution in [0, 0.1) is 5.82 Å². The van der Waals surface area contributed by atoms with Gasteiger partial charge in [0.2, 0.25) is 0 Å². The SMILES string of the molecule is COc1cc(CN(C)Cc2ccc(Br)cc2F)ccc1OC(F)F. The summed E-state index contributed by atoms with van der Waals surface area (Å²) in [6, 6.07) is 9.67. The smallest absolute Gasteiger partial charge is 0.387 e. The molecule has 0 saturated heterocycles. The lowest BCUT2D eigenvalue weighted by atomic mass is 10.1. The molecule has 0 unspecified atom stereocenters. The molecule has 0 aromatic heterocycles. The second kappa shape index (κ2) is 8.39. The molecule has 0 amide bonds. The van der Waals surface area contributed by atoms with E-state index >= 15 is 0 Å². The van der Waals surface area contributed by atoms with Crippen molar-refractivity contribution in [2.24, 2.45) is 0 Å². The maximum atomic E-state index is 13.9. The van der Waals surface area contributed by atoms with E-state index < -0.39 is 6.61 Å². The summed E-state index contributed by atoms with van der Waals surface area (Å²) in [6.45, 7) is -2.00. The summed E-state index contributed by atoms with van der Waals surface area (Å²) in [4.78, 5) is 1.91. The number of halogens is 4. The van der Waals surface area contributed by atoms with E-state index in [9.17, 15) is 13.2 Å². The molecule has 0 fully saturated rings. The fourth-order valence-electron chi connectivity index (χ4n) is 2.31. The van der Waals surface area contributed by atoms with Gasteiger partial charge in [-0.3, -0.25) is 4.90 Å². The highest BCUT2D eigenvalue weighted by Crippen LogP contribution is 2.30. The minimum atomic E-state index is -2.91. The van der Waals surface area contributed by atoms with Crippen molar-refractivity contribution in [2.75, 3.05) is 14.2 Å². The van der Waals surface area contributed by atoms with Gasteiger partial charge in [-0.25, -0.2) is 4.39 Å². The molecule has 0 N–H and O–H groups in total. The number of benzene rings is 2. The highest BCUT2D eigenvalue weighted by molar-refractivity contribution is 9.10. The van der Waals surface area contributed by atoms with Crippen molar-refractivity contribution in [3.05, 3.63) is 57.8 Å². The standard InChI is InChI=1S/C17H17BrF3NO2/c1-22(10-12-4-5-13(18)8-14(12)19)9-11-3-6-15(24-17(20)21)16(7-11)23-2/h3-8,17H,9-10H2,1-2H3. The molecule has 130 valence electrons. The van der Waals surface area contributed by atoms with Gasteiger partial charge in [-0.2, -0.15) is 8.78 Å². The van der Waals surface area contributed by atoms with E-state index in [-0.39, 0.29) is 17.3 Å². The van der Waals surface area contributed by atoms with Crippen LogP contribution >= 0.6 is 15.9 Å². The molecule has 0 spiro atoms. The molecule has 0 radical (unpaired) electrons. The molecular weight excluding hydrogens is 387 g/mol. The average Bonchev–Trinajstić information content (AvgIpc) is 2.51. The molecule has 2 aromatic carbocycles. The van der Waals surface area contributed by atoms with Gasteiger partial charge in [0.1, 0.15) is 5.82 Å². The van der Waals surface area contributed by atoms with E-state index in [1.165, 1.54) is 19.2 Å². The summed E-state index contributed by atoms with van der Waals surface area (Å²) in [5.74, 6) is -0.0663. The van der Waals surface area contributed by atoms with Crippen LogP contribution in [0.2, 0.25) is 0 Å². The van der Waals surface area contributed by atoms with E-state index in [4.69, 9.17) is 4.74 Å². The van der Waals surface area contributed by atoms with Gasteiger partial charge >= 0.3 is 6.61 Å². The molecule has 0 atom stereocenters. The second-order valence-electron chi connectivity index (χ2n) is 5.27. The lowest BCUT2D eigenvalue weighted by Crippen LogP contribution is -2.18.